The molecular formula is C15H18ClN3O2. The molecule has 2 aromatic rings. The fraction of sp³-hybridized carbons (Fsp3) is 0.467. The lowest BCUT2D eigenvalue weighted by molar-refractivity contribution is -0.121. The van der Waals surface area contributed by atoms with E-state index in [0.717, 1.165) is 30.4 Å². The molecule has 0 aliphatic carbocycles. The number of carbonyl (C=O) groups is 1. The van der Waals surface area contributed by atoms with Crippen molar-refractivity contribution in [2.45, 2.75) is 31.9 Å². The molecule has 21 heavy (non-hydrogen) atoms. The van der Waals surface area contributed by atoms with Crippen LogP contribution in [0.4, 0.5) is 0 Å². The van der Waals surface area contributed by atoms with Gasteiger partial charge in [-0.15, -0.1) is 0 Å². The minimum atomic E-state index is 0.0242. The molecule has 3 rings (SSSR count). The molecule has 1 aromatic carbocycles. The Bertz CT molecular complexity index is 635. The number of hydrogen-bond acceptors (Lipinski definition) is 3. The highest BCUT2D eigenvalue weighted by molar-refractivity contribution is 6.35. The molecule has 1 unspecified atom stereocenters. The highest BCUT2D eigenvalue weighted by Gasteiger charge is 2.16. The Labute approximate surface area is 128 Å². The van der Waals surface area contributed by atoms with E-state index in [1.54, 1.807) is 6.20 Å². The minimum Gasteiger partial charge on any atom is -0.376 e. The molecule has 2 heterocycles. The average molecular weight is 308 g/mol. The van der Waals surface area contributed by atoms with E-state index in [-0.39, 0.29) is 12.0 Å². The van der Waals surface area contributed by atoms with Crippen LogP contribution in [-0.2, 0) is 16.1 Å². The molecule has 5 nitrogen and oxygen atoms in total. The molecule has 6 heteroatoms. The molecule has 0 saturated carbocycles. The van der Waals surface area contributed by atoms with Gasteiger partial charge in [-0.05, 0) is 25.0 Å². The molecule has 1 amide bonds. The normalized spacial score (nSPS) is 18.2. The first-order valence-electron chi connectivity index (χ1n) is 7.22. The largest absolute Gasteiger partial charge is 0.376 e. The van der Waals surface area contributed by atoms with Gasteiger partial charge in [0.1, 0.15) is 0 Å². The number of aryl methyl sites for hydroxylation is 1. The Morgan fingerprint density at radius 1 is 1.52 bits per heavy atom. The summed E-state index contributed by atoms with van der Waals surface area (Å²) in [6, 6.07) is 5.68. The maximum atomic E-state index is 11.9. The fourth-order valence-corrected chi connectivity index (χ4v) is 2.79. The van der Waals surface area contributed by atoms with Gasteiger partial charge >= 0.3 is 0 Å². The highest BCUT2D eigenvalue weighted by atomic mass is 35.5. The zero-order valence-corrected chi connectivity index (χ0v) is 12.5. The summed E-state index contributed by atoms with van der Waals surface area (Å²) in [5.41, 5.74) is 0.953. The van der Waals surface area contributed by atoms with Gasteiger partial charge in [0.15, 0.2) is 0 Å². The molecule has 112 valence electrons. The van der Waals surface area contributed by atoms with E-state index in [2.05, 4.69) is 10.4 Å². The van der Waals surface area contributed by atoms with Gasteiger partial charge in [0, 0.05) is 25.0 Å². The lowest BCUT2D eigenvalue weighted by atomic mass is 10.2. The second kappa shape index (κ2) is 6.45. The van der Waals surface area contributed by atoms with Crippen LogP contribution in [0, 0.1) is 0 Å². The molecule has 1 aliphatic heterocycles. The van der Waals surface area contributed by atoms with E-state index in [1.165, 1.54) is 0 Å². The van der Waals surface area contributed by atoms with Crippen LogP contribution >= 0.6 is 11.6 Å². The number of ether oxygens (including phenoxy) is 1. The zero-order valence-electron chi connectivity index (χ0n) is 11.7. The monoisotopic (exact) mass is 307 g/mol. The molecule has 1 aliphatic rings. The number of hydrogen-bond donors (Lipinski definition) is 1. The summed E-state index contributed by atoms with van der Waals surface area (Å²) in [7, 11) is 0. The number of halogens is 1. The number of carbonyl (C=O) groups excluding carboxylic acids is 1. The number of aromatic nitrogens is 2. The predicted molar refractivity (Wildman–Crippen MR) is 81.3 cm³/mol. The third kappa shape index (κ3) is 3.36. The summed E-state index contributed by atoms with van der Waals surface area (Å²) in [4.78, 5) is 11.9. The van der Waals surface area contributed by atoms with Gasteiger partial charge < -0.3 is 10.1 Å². The average Bonchev–Trinajstić information content (AvgIpc) is 3.13. The lowest BCUT2D eigenvalue weighted by Crippen LogP contribution is -2.32. The number of fused-ring (bicyclic) bond motifs is 1. The van der Waals surface area contributed by atoms with Gasteiger partial charge in [-0.2, -0.15) is 5.10 Å². The van der Waals surface area contributed by atoms with Crippen LogP contribution in [0.25, 0.3) is 10.9 Å². The lowest BCUT2D eigenvalue weighted by Gasteiger charge is -2.11. The summed E-state index contributed by atoms with van der Waals surface area (Å²) >= 11 is 6.11. The predicted octanol–water partition coefficient (Wildman–Crippen LogP) is 2.38. The third-order valence-electron chi connectivity index (χ3n) is 3.74. The molecular weight excluding hydrogens is 290 g/mol. The van der Waals surface area contributed by atoms with Gasteiger partial charge in [-0.25, -0.2) is 0 Å². The SMILES string of the molecule is O=C(CCn1ncc2c(Cl)cccc21)NCC1CCCO1. The van der Waals surface area contributed by atoms with Gasteiger partial charge in [0.25, 0.3) is 0 Å². The van der Waals surface area contributed by atoms with Gasteiger partial charge in [0.2, 0.25) is 5.91 Å². The first kappa shape index (κ1) is 14.4. The first-order chi connectivity index (χ1) is 10.2. The van der Waals surface area contributed by atoms with Crippen molar-refractivity contribution >= 4 is 28.4 Å². The Balaban J connectivity index is 1.53. The number of rotatable bonds is 5. The van der Waals surface area contributed by atoms with Crippen molar-refractivity contribution in [3.8, 4) is 0 Å². The van der Waals surface area contributed by atoms with Crippen molar-refractivity contribution in [3.63, 3.8) is 0 Å². The number of amides is 1. The number of benzene rings is 1. The van der Waals surface area contributed by atoms with Crippen molar-refractivity contribution < 1.29 is 9.53 Å². The standard InChI is InChI=1S/C15H18ClN3O2/c16-13-4-1-5-14-12(13)10-18-19(14)7-6-15(20)17-9-11-3-2-8-21-11/h1,4-5,10-11H,2-3,6-9H2,(H,17,20). The van der Waals surface area contributed by atoms with E-state index in [0.29, 0.717) is 24.5 Å². The van der Waals surface area contributed by atoms with E-state index in [4.69, 9.17) is 16.3 Å². The molecule has 0 spiro atoms. The maximum Gasteiger partial charge on any atom is 0.221 e. The summed E-state index contributed by atoms with van der Waals surface area (Å²) in [6.07, 6.45) is 4.43. The van der Waals surface area contributed by atoms with Crippen molar-refractivity contribution in [3.05, 3.63) is 29.4 Å². The topological polar surface area (TPSA) is 56.2 Å². The quantitative estimate of drug-likeness (QED) is 0.922. The van der Waals surface area contributed by atoms with Gasteiger partial charge in [-0.1, -0.05) is 17.7 Å². The first-order valence-corrected chi connectivity index (χ1v) is 7.60. The second-order valence-corrected chi connectivity index (χ2v) is 5.64. The summed E-state index contributed by atoms with van der Waals surface area (Å²) < 4.78 is 7.29. The van der Waals surface area contributed by atoms with Crippen LogP contribution in [0.1, 0.15) is 19.3 Å². The van der Waals surface area contributed by atoms with E-state index < -0.39 is 0 Å². The van der Waals surface area contributed by atoms with Crippen molar-refractivity contribution in [1.82, 2.24) is 15.1 Å². The summed E-state index contributed by atoms with van der Waals surface area (Å²) in [5, 5.41) is 8.81. The van der Waals surface area contributed by atoms with Crippen LogP contribution < -0.4 is 5.32 Å². The maximum absolute atomic E-state index is 11.9. The van der Waals surface area contributed by atoms with Crippen LogP contribution in [0.5, 0.6) is 0 Å². The van der Waals surface area contributed by atoms with E-state index >= 15 is 0 Å². The van der Waals surface area contributed by atoms with Crippen LogP contribution in [0.15, 0.2) is 24.4 Å². The van der Waals surface area contributed by atoms with E-state index in [9.17, 15) is 4.79 Å². The van der Waals surface area contributed by atoms with Gasteiger partial charge in [0.05, 0.1) is 29.4 Å². The molecule has 0 radical (unpaired) electrons. The Kier molecular flexibility index (Phi) is 4.41. The zero-order chi connectivity index (χ0) is 14.7. The van der Waals surface area contributed by atoms with Crippen molar-refractivity contribution in [1.29, 1.82) is 0 Å². The van der Waals surface area contributed by atoms with Crippen LogP contribution in [-0.4, -0.2) is 34.9 Å². The van der Waals surface area contributed by atoms with E-state index in [1.807, 2.05) is 22.9 Å². The summed E-state index contributed by atoms with van der Waals surface area (Å²) in [6.45, 7) is 1.95. The van der Waals surface area contributed by atoms with Gasteiger partial charge in [-0.3, -0.25) is 9.48 Å². The fourth-order valence-electron chi connectivity index (χ4n) is 2.58. The summed E-state index contributed by atoms with van der Waals surface area (Å²) in [5.74, 6) is 0.0242. The third-order valence-corrected chi connectivity index (χ3v) is 4.07. The Morgan fingerprint density at radius 2 is 2.43 bits per heavy atom. The molecule has 1 atom stereocenters. The Morgan fingerprint density at radius 3 is 3.24 bits per heavy atom. The minimum absolute atomic E-state index is 0.0242. The number of nitrogens with one attached hydrogen (secondary N) is 1. The Hall–Kier alpha value is -1.59. The number of nitrogens with zero attached hydrogens (tertiary/aromatic N) is 2. The van der Waals surface area contributed by atoms with Crippen LogP contribution in [0.3, 0.4) is 0 Å². The second-order valence-electron chi connectivity index (χ2n) is 5.23. The molecule has 1 aromatic heterocycles. The highest BCUT2D eigenvalue weighted by Crippen LogP contribution is 2.22. The van der Waals surface area contributed by atoms with Crippen molar-refractivity contribution in [2.24, 2.45) is 0 Å². The molecule has 1 saturated heterocycles. The molecule has 1 N–H and O–H groups in total. The molecule has 1 fully saturated rings. The smallest absolute Gasteiger partial charge is 0.221 e. The molecule has 0 bridgehead atoms. The van der Waals surface area contributed by atoms with Crippen LogP contribution in [0.2, 0.25) is 5.02 Å². The van der Waals surface area contributed by atoms with Crippen molar-refractivity contribution in [2.75, 3.05) is 13.2 Å².